The molecule has 2 rings (SSSR count). The number of nitrogens with one attached hydrogen (secondary N) is 1. The van der Waals surface area contributed by atoms with E-state index in [1.165, 1.54) is 5.56 Å². The van der Waals surface area contributed by atoms with E-state index >= 15 is 0 Å². The fourth-order valence-electron chi connectivity index (χ4n) is 1.93. The van der Waals surface area contributed by atoms with Crippen LogP contribution in [0.15, 0.2) is 40.9 Å². The Hall–Kier alpha value is -1.35. The first kappa shape index (κ1) is 14.1. The highest BCUT2D eigenvalue weighted by Gasteiger charge is 2.09. The minimum Gasteiger partial charge on any atom is -0.378 e. The van der Waals surface area contributed by atoms with Crippen LogP contribution in [0.2, 0.25) is 0 Å². The molecular formula is C16H17BrFN. The van der Waals surface area contributed by atoms with Crippen LogP contribution >= 0.6 is 15.9 Å². The number of halogens is 2. The monoisotopic (exact) mass is 321 g/mol. The lowest BCUT2D eigenvalue weighted by Crippen LogP contribution is -2.07. The molecule has 0 spiro atoms. The van der Waals surface area contributed by atoms with E-state index in [1.807, 2.05) is 32.0 Å². The first-order chi connectivity index (χ1) is 8.97. The predicted molar refractivity (Wildman–Crippen MR) is 82.1 cm³/mol. The summed E-state index contributed by atoms with van der Waals surface area (Å²) in [5.74, 6) is -0.158. The Morgan fingerprint density at radius 3 is 2.47 bits per heavy atom. The van der Waals surface area contributed by atoms with Gasteiger partial charge in [-0.05, 0) is 71.6 Å². The van der Waals surface area contributed by atoms with Crippen molar-refractivity contribution in [1.29, 1.82) is 0 Å². The first-order valence-corrected chi connectivity index (χ1v) is 7.05. The Balaban J connectivity index is 2.20. The van der Waals surface area contributed by atoms with Crippen molar-refractivity contribution >= 4 is 21.6 Å². The quantitative estimate of drug-likeness (QED) is 0.800. The maximum absolute atomic E-state index is 13.6. The van der Waals surface area contributed by atoms with Gasteiger partial charge in [0.05, 0.1) is 0 Å². The van der Waals surface area contributed by atoms with Gasteiger partial charge in [0.15, 0.2) is 0 Å². The lowest BCUT2D eigenvalue weighted by atomic mass is 10.1. The third-order valence-electron chi connectivity index (χ3n) is 3.19. The number of benzene rings is 2. The lowest BCUT2D eigenvalue weighted by Gasteiger charge is -2.17. The van der Waals surface area contributed by atoms with E-state index in [0.29, 0.717) is 5.56 Å². The molecule has 2 aromatic carbocycles. The summed E-state index contributed by atoms with van der Waals surface area (Å²) in [5.41, 5.74) is 3.83. The van der Waals surface area contributed by atoms with Crippen LogP contribution in [0.5, 0.6) is 0 Å². The van der Waals surface area contributed by atoms with Crippen molar-refractivity contribution in [3.05, 3.63) is 63.4 Å². The average molecular weight is 322 g/mol. The highest BCUT2D eigenvalue weighted by molar-refractivity contribution is 9.10. The molecule has 2 aromatic rings. The van der Waals surface area contributed by atoms with Gasteiger partial charge in [-0.1, -0.05) is 18.2 Å². The van der Waals surface area contributed by atoms with Crippen molar-refractivity contribution in [3.63, 3.8) is 0 Å². The summed E-state index contributed by atoms with van der Waals surface area (Å²) in [4.78, 5) is 0. The molecule has 0 fully saturated rings. The van der Waals surface area contributed by atoms with Gasteiger partial charge in [-0.25, -0.2) is 4.39 Å². The zero-order valence-electron chi connectivity index (χ0n) is 11.3. The third-order valence-corrected chi connectivity index (χ3v) is 3.85. The molecule has 1 atom stereocenters. The Labute approximate surface area is 122 Å². The maximum atomic E-state index is 13.6. The van der Waals surface area contributed by atoms with Crippen LogP contribution in [-0.4, -0.2) is 0 Å². The molecule has 0 radical (unpaired) electrons. The second-order valence-corrected chi connectivity index (χ2v) is 5.71. The number of rotatable bonds is 3. The summed E-state index contributed by atoms with van der Waals surface area (Å²) < 4.78 is 14.6. The molecule has 0 amide bonds. The van der Waals surface area contributed by atoms with Crippen LogP contribution in [0.25, 0.3) is 0 Å². The third kappa shape index (κ3) is 3.35. The van der Waals surface area contributed by atoms with E-state index < -0.39 is 0 Å². The summed E-state index contributed by atoms with van der Waals surface area (Å²) in [6.07, 6.45) is 0. The molecule has 0 aromatic heterocycles. The Morgan fingerprint density at radius 2 is 1.84 bits per heavy atom. The van der Waals surface area contributed by atoms with Gasteiger partial charge in [-0.15, -0.1) is 0 Å². The van der Waals surface area contributed by atoms with E-state index in [1.54, 1.807) is 13.0 Å². The van der Waals surface area contributed by atoms with Gasteiger partial charge in [0.2, 0.25) is 0 Å². The van der Waals surface area contributed by atoms with Gasteiger partial charge in [-0.3, -0.25) is 0 Å². The molecule has 19 heavy (non-hydrogen) atoms. The maximum Gasteiger partial charge on any atom is 0.126 e. The van der Waals surface area contributed by atoms with Crippen LogP contribution in [0.3, 0.4) is 0 Å². The van der Waals surface area contributed by atoms with Gasteiger partial charge in [-0.2, -0.15) is 0 Å². The fraction of sp³-hybridized carbons (Fsp3) is 0.250. The van der Waals surface area contributed by atoms with E-state index in [0.717, 1.165) is 15.7 Å². The summed E-state index contributed by atoms with van der Waals surface area (Å²) in [6, 6.07) is 11.6. The van der Waals surface area contributed by atoms with Crippen molar-refractivity contribution in [1.82, 2.24) is 0 Å². The Morgan fingerprint density at radius 1 is 1.11 bits per heavy atom. The van der Waals surface area contributed by atoms with Crippen molar-refractivity contribution in [2.24, 2.45) is 0 Å². The SMILES string of the molecule is Cc1ccc(NC(C)c2ccc(C)c(F)c2)c(Br)c1. The summed E-state index contributed by atoms with van der Waals surface area (Å²) in [7, 11) is 0. The molecule has 3 heteroatoms. The standard InChI is InChI=1S/C16H17BrFN/c1-10-4-7-16(14(17)8-10)19-12(3)13-6-5-11(2)15(18)9-13/h4-9,12,19H,1-3H3. The highest BCUT2D eigenvalue weighted by Crippen LogP contribution is 2.28. The van der Waals surface area contributed by atoms with Crippen molar-refractivity contribution in [3.8, 4) is 0 Å². The molecular weight excluding hydrogens is 305 g/mol. The van der Waals surface area contributed by atoms with Crippen LogP contribution in [0.4, 0.5) is 10.1 Å². The number of anilines is 1. The van der Waals surface area contributed by atoms with Crippen molar-refractivity contribution in [2.45, 2.75) is 26.8 Å². The normalized spacial score (nSPS) is 12.3. The minimum atomic E-state index is -0.158. The van der Waals surface area contributed by atoms with Gasteiger partial charge in [0, 0.05) is 16.2 Å². The number of hydrogen-bond acceptors (Lipinski definition) is 1. The van der Waals surface area contributed by atoms with E-state index in [2.05, 4.69) is 33.4 Å². The molecule has 0 heterocycles. The van der Waals surface area contributed by atoms with Gasteiger partial charge >= 0.3 is 0 Å². The highest BCUT2D eigenvalue weighted by atomic mass is 79.9. The molecule has 0 aliphatic heterocycles. The van der Waals surface area contributed by atoms with E-state index in [9.17, 15) is 4.39 Å². The summed E-state index contributed by atoms with van der Waals surface area (Å²) >= 11 is 3.54. The van der Waals surface area contributed by atoms with Gasteiger partial charge in [0.1, 0.15) is 5.82 Å². The second kappa shape index (κ2) is 5.74. The molecule has 0 aliphatic rings. The fourth-order valence-corrected chi connectivity index (χ4v) is 2.54. The Kier molecular flexibility index (Phi) is 4.25. The van der Waals surface area contributed by atoms with Crippen molar-refractivity contribution in [2.75, 3.05) is 5.32 Å². The summed E-state index contributed by atoms with van der Waals surface area (Å²) in [6.45, 7) is 5.84. The predicted octanol–water partition coefficient (Wildman–Crippen LogP) is 5.38. The van der Waals surface area contributed by atoms with E-state index in [-0.39, 0.29) is 11.9 Å². The molecule has 1 nitrogen and oxygen atoms in total. The Bertz CT molecular complexity index is 595. The number of hydrogen-bond donors (Lipinski definition) is 1. The topological polar surface area (TPSA) is 12.0 Å². The van der Waals surface area contributed by atoms with Crippen LogP contribution in [-0.2, 0) is 0 Å². The van der Waals surface area contributed by atoms with E-state index in [4.69, 9.17) is 0 Å². The molecule has 0 saturated heterocycles. The minimum absolute atomic E-state index is 0.0501. The molecule has 1 unspecified atom stereocenters. The van der Waals surface area contributed by atoms with Crippen molar-refractivity contribution < 1.29 is 4.39 Å². The largest absolute Gasteiger partial charge is 0.378 e. The molecule has 0 aliphatic carbocycles. The lowest BCUT2D eigenvalue weighted by molar-refractivity contribution is 0.614. The zero-order chi connectivity index (χ0) is 14.0. The van der Waals surface area contributed by atoms with Gasteiger partial charge < -0.3 is 5.32 Å². The van der Waals surface area contributed by atoms with Gasteiger partial charge in [0.25, 0.3) is 0 Å². The van der Waals surface area contributed by atoms with Crippen LogP contribution in [0.1, 0.15) is 29.7 Å². The zero-order valence-corrected chi connectivity index (χ0v) is 12.9. The second-order valence-electron chi connectivity index (χ2n) is 4.86. The molecule has 100 valence electrons. The first-order valence-electron chi connectivity index (χ1n) is 6.26. The molecule has 1 N–H and O–H groups in total. The average Bonchev–Trinajstić information content (AvgIpc) is 2.36. The molecule has 0 bridgehead atoms. The molecule has 0 saturated carbocycles. The number of aryl methyl sites for hydroxylation is 2. The van der Waals surface area contributed by atoms with Crippen LogP contribution in [0, 0.1) is 19.7 Å². The smallest absolute Gasteiger partial charge is 0.126 e. The summed E-state index contributed by atoms with van der Waals surface area (Å²) in [5, 5.41) is 3.39. The van der Waals surface area contributed by atoms with Crippen LogP contribution < -0.4 is 5.32 Å².